The fraction of sp³-hybridized carbons (Fsp3) is 0.455. The molecule has 5 heteroatoms. The monoisotopic (exact) mass is 237 g/mol. The highest BCUT2D eigenvalue weighted by molar-refractivity contribution is 7.15. The second-order valence-electron chi connectivity index (χ2n) is 4.16. The van der Waals surface area contributed by atoms with Crippen molar-refractivity contribution >= 4 is 22.2 Å². The van der Waals surface area contributed by atoms with Crippen LogP contribution in [0.15, 0.2) is 11.6 Å². The Morgan fingerprint density at radius 3 is 3.06 bits per heavy atom. The van der Waals surface area contributed by atoms with Crippen molar-refractivity contribution in [2.24, 2.45) is 0 Å². The van der Waals surface area contributed by atoms with Crippen molar-refractivity contribution in [3.63, 3.8) is 0 Å². The highest BCUT2D eigenvalue weighted by Gasteiger charge is 2.10. The molecule has 0 radical (unpaired) electrons. The zero-order valence-corrected chi connectivity index (χ0v) is 10.5. The molecule has 0 fully saturated rings. The third-order valence-corrected chi connectivity index (χ3v) is 3.08. The quantitative estimate of drug-likeness (QED) is 0.884. The number of thiazole rings is 1. The van der Waals surface area contributed by atoms with E-state index in [0.717, 1.165) is 16.3 Å². The van der Waals surface area contributed by atoms with E-state index in [9.17, 15) is 4.79 Å². The number of hydrogen-bond acceptors (Lipinski definition) is 3. The summed E-state index contributed by atoms with van der Waals surface area (Å²) < 4.78 is 1.99. The van der Waals surface area contributed by atoms with E-state index >= 15 is 0 Å². The zero-order chi connectivity index (χ0) is 11.7. The number of amides is 1. The molecule has 2 rings (SSSR count). The van der Waals surface area contributed by atoms with Crippen molar-refractivity contribution in [1.29, 1.82) is 0 Å². The number of hydrogen-bond donors (Lipinski definition) is 1. The Morgan fingerprint density at radius 2 is 2.38 bits per heavy atom. The first kappa shape index (κ1) is 11.1. The number of carbonyl (C=O) groups is 1. The van der Waals surface area contributed by atoms with Crippen molar-refractivity contribution in [3.8, 4) is 0 Å². The number of rotatable bonds is 3. The van der Waals surface area contributed by atoms with Crippen molar-refractivity contribution < 1.29 is 4.79 Å². The predicted molar refractivity (Wildman–Crippen MR) is 64.8 cm³/mol. The van der Waals surface area contributed by atoms with E-state index in [0.29, 0.717) is 6.42 Å². The maximum Gasteiger partial charge on any atom is 0.226 e. The summed E-state index contributed by atoms with van der Waals surface area (Å²) in [7, 11) is 0. The van der Waals surface area contributed by atoms with Crippen LogP contribution >= 0.6 is 11.3 Å². The molecule has 0 saturated carbocycles. The van der Waals surface area contributed by atoms with E-state index in [2.05, 4.69) is 10.3 Å². The molecule has 2 heterocycles. The predicted octanol–water partition coefficient (Wildman–Crippen LogP) is 1.77. The Labute approximate surface area is 98.3 Å². The first-order valence-electron chi connectivity index (χ1n) is 5.27. The van der Waals surface area contributed by atoms with Crippen LogP contribution in [0, 0.1) is 6.92 Å². The van der Waals surface area contributed by atoms with Crippen LogP contribution in [0.25, 0.3) is 4.96 Å². The summed E-state index contributed by atoms with van der Waals surface area (Å²) in [6.45, 7) is 5.88. The Hall–Kier alpha value is -1.36. The minimum Gasteiger partial charge on any atom is -0.354 e. The summed E-state index contributed by atoms with van der Waals surface area (Å²) in [4.78, 5) is 16.9. The Bertz CT molecular complexity index is 512. The van der Waals surface area contributed by atoms with Crippen LogP contribution in [0.4, 0.5) is 0 Å². The normalized spacial score (nSPS) is 11.2. The summed E-state index contributed by atoms with van der Waals surface area (Å²) in [5, 5.41) is 4.87. The molecule has 0 bridgehead atoms. The smallest absolute Gasteiger partial charge is 0.226 e. The number of carbonyl (C=O) groups excluding carboxylic acids is 1. The fourth-order valence-electron chi connectivity index (χ4n) is 1.61. The van der Waals surface area contributed by atoms with Gasteiger partial charge < -0.3 is 5.32 Å². The van der Waals surface area contributed by atoms with Crippen molar-refractivity contribution in [3.05, 3.63) is 23.0 Å². The molecular formula is C11H15N3OS. The van der Waals surface area contributed by atoms with Crippen molar-refractivity contribution in [1.82, 2.24) is 14.7 Å². The van der Waals surface area contributed by atoms with Gasteiger partial charge in [0.05, 0.1) is 12.1 Å². The lowest BCUT2D eigenvalue weighted by molar-refractivity contribution is -0.120. The lowest BCUT2D eigenvalue weighted by Crippen LogP contribution is -2.31. The molecule has 2 aromatic heterocycles. The Kier molecular flexibility index (Phi) is 2.96. The van der Waals surface area contributed by atoms with Gasteiger partial charge in [0, 0.05) is 23.3 Å². The van der Waals surface area contributed by atoms with Gasteiger partial charge in [-0.3, -0.25) is 9.20 Å². The van der Waals surface area contributed by atoms with Gasteiger partial charge in [-0.1, -0.05) is 0 Å². The molecule has 0 saturated heterocycles. The van der Waals surface area contributed by atoms with Gasteiger partial charge in [-0.2, -0.15) is 0 Å². The number of imidazole rings is 1. The standard InChI is InChI=1S/C11H15N3OS/c1-7(2)12-10(15)4-9-6-16-11-13-8(3)5-14(9)11/h5-7H,4H2,1-3H3,(H,12,15). The molecule has 2 aromatic rings. The molecule has 0 aliphatic heterocycles. The first-order chi connectivity index (χ1) is 7.56. The minimum absolute atomic E-state index is 0.0565. The van der Waals surface area contributed by atoms with Crippen molar-refractivity contribution in [2.45, 2.75) is 33.2 Å². The van der Waals surface area contributed by atoms with E-state index in [1.165, 1.54) is 0 Å². The number of aromatic nitrogens is 2. The van der Waals surface area contributed by atoms with E-state index in [-0.39, 0.29) is 11.9 Å². The maximum absolute atomic E-state index is 11.6. The summed E-state index contributed by atoms with van der Waals surface area (Å²) in [6, 6.07) is 0.186. The molecule has 0 atom stereocenters. The Morgan fingerprint density at radius 1 is 1.62 bits per heavy atom. The van der Waals surface area contributed by atoms with Gasteiger partial charge in [-0.15, -0.1) is 11.3 Å². The van der Waals surface area contributed by atoms with E-state index < -0.39 is 0 Å². The third-order valence-electron chi connectivity index (χ3n) is 2.20. The molecule has 1 N–H and O–H groups in total. The van der Waals surface area contributed by atoms with Crippen LogP contribution in [0.2, 0.25) is 0 Å². The summed E-state index contributed by atoms with van der Waals surface area (Å²) in [5.41, 5.74) is 1.98. The second kappa shape index (κ2) is 4.25. The zero-order valence-electron chi connectivity index (χ0n) is 9.65. The summed E-state index contributed by atoms with van der Waals surface area (Å²) in [6.07, 6.45) is 2.37. The Balaban J connectivity index is 2.17. The molecule has 0 spiro atoms. The van der Waals surface area contributed by atoms with E-state index in [1.807, 2.05) is 36.7 Å². The van der Waals surface area contributed by atoms with Crippen molar-refractivity contribution in [2.75, 3.05) is 0 Å². The SMILES string of the molecule is Cc1cn2c(CC(=O)NC(C)C)csc2n1. The molecule has 0 unspecified atom stereocenters. The van der Waals surface area contributed by atoms with Gasteiger partial charge >= 0.3 is 0 Å². The van der Waals surface area contributed by atoms with Gasteiger partial charge in [-0.05, 0) is 20.8 Å². The molecule has 0 aliphatic carbocycles. The van der Waals surface area contributed by atoms with Gasteiger partial charge in [0.15, 0.2) is 4.96 Å². The fourth-order valence-corrected chi connectivity index (χ4v) is 2.52. The lowest BCUT2D eigenvalue weighted by atomic mass is 10.3. The number of fused-ring (bicyclic) bond motifs is 1. The largest absolute Gasteiger partial charge is 0.354 e. The molecule has 86 valence electrons. The molecule has 16 heavy (non-hydrogen) atoms. The summed E-state index contributed by atoms with van der Waals surface area (Å²) in [5.74, 6) is 0.0565. The second-order valence-corrected chi connectivity index (χ2v) is 5.00. The van der Waals surface area contributed by atoms with Gasteiger partial charge in [0.25, 0.3) is 0 Å². The molecule has 0 aromatic carbocycles. The van der Waals surface area contributed by atoms with Gasteiger partial charge in [-0.25, -0.2) is 4.98 Å². The molecule has 0 aliphatic rings. The van der Waals surface area contributed by atoms with Crippen LogP contribution in [-0.4, -0.2) is 21.3 Å². The minimum atomic E-state index is 0.0565. The van der Waals surface area contributed by atoms with Gasteiger partial charge in [0.2, 0.25) is 5.91 Å². The number of nitrogens with zero attached hydrogens (tertiary/aromatic N) is 2. The molecular weight excluding hydrogens is 222 g/mol. The molecule has 4 nitrogen and oxygen atoms in total. The summed E-state index contributed by atoms with van der Waals surface area (Å²) >= 11 is 1.57. The average Bonchev–Trinajstić information content (AvgIpc) is 2.65. The lowest BCUT2D eigenvalue weighted by Gasteiger charge is -2.07. The highest BCUT2D eigenvalue weighted by atomic mass is 32.1. The van der Waals surface area contributed by atoms with Crippen LogP contribution in [0.5, 0.6) is 0 Å². The van der Waals surface area contributed by atoms with E-state index in [4.69, 9.17) is 0 Å². The van der Waals surface area contributed by atoms with Crippen LogP contribution in [0.1, 0.15) is 25.2 Å². The van der Waals surface area contributed by atoms with Gasteiger partial charge in [0.1, 0.15) is 0 Å². The van der Waals surface area contributed by atoms with Crippen LogP contribution in [0.3, 0.4) is 0 Å². The maximum atomic E-state index is 11.6. The average molecular weight is 237 g/mol. The van der Waals surface area contributed by atoms with E-state index in [1.54, 1.807) is 11.3 Å². The number of nitrogens with one attached hydrogen (secondary N) is 1. The molecule has 1 amide bonds. The van der Waals surface area contributed by atoms with Crippen LogP contribution in [-0.2, 0) is 11.2 Å². The van der Waals surface area contributed by atoms with Crippen LogP contribution < -0.4 is 5.32 Å². The highest BCUT2D eigenvalue weighted by Crippen LogP contribution is 2.16. The topological polar surface area (TPSA) is 46.4 Å². The third kappa shape index (κ3) is 2.24. The number of aryl methyl sites for hydroxylation is 1. The first-order valence-corrected chi connectivity index (χ1v) is 6.15.